The number of anilines is 1. The summed E-state index contributed by atoms with van der Waals surface area (Å²) in [5, 5.41) is 14.0. The smallest absolute Gasteiger partial charge is 0.321 e. The summed E-state index contributed by atoms with van der Waals surface area (Å²) in [6.07, 6.45) is 3.97. The van der Waals surface area contributed by atoms with Gasteiger partial charge in [0.15, 0.2) is 0 Å². The van der Waals surface area contributed by atoms with Gasteiger partial charge in [-0.25, -0.2) is 9.18 Å². The van der Waals surface area contributed by atoms with Crippen molar-refractivity contribution in [3.05, 3.63) is 71.8 Å². The molecule has 1 aliphatic heterocycles. The average molecular weight is 536 g/mol. The van der Waals surface area contributed by atoms with Crippen LogP contribution in [0.5, 0.6) is 23.0 Å². The van der Waals surface area contributed by atoms with Gasteiger partial charge < -0.3 is 24.8 Å². The lowest BCUT2D eigenvalue weighted by Gasteiger charge is -2.39. The van der Waals surface area contributed by atoms with Gasteiger partial charge in [-0.15, -0.1) is 0 Å². The highest BCUT2D eigenvalue weighted by atomic mass is 19.1. The van der Waals surface area contributed by atoms with Crippen molar-refractivity contribution in [3.8, 4) is 23.0 Å². The first-order valence-electron chi connectivity index (χ1n) is 13.7. The van der Waals surface area contributed by atoms with Crippen LogP contribution >= 0.6 is 0 Å². The van der Waals surface area contributed by atoms with Crippen molar-refractivity contribution < 1.29 is 23.8 Å². The summed E-state index contributed by atoms with van der Waals surface area (Å²) in [5.41, 5.74) is 1.39. The van der Waals surface area contributed by atoms with Gasteiger partial charge in [-0.05, 0) is 75.4 Å². The van der Waals surface area contributed by atoms with Gasteiger partial charge in [0.1, 0.15) is 28.8 Å². The zero-order valence-electron chi connectivity index (χ0n) is 23.2. The van der Waals surface area contributed by atoms with Gasteiger partial charge in [0, 0.05) is 42.7 Å². The third-order valence-electron chi connectivity index (χ3n) is 7.39. The predicted molar refractivity (Wildman–Crippen MR) is 150 cm³/mol. The maximum Gasteiger partial charge on any atom is 0.321 e. The fourth-order valence-electron chi connectivity index (χ4n) is 4.96. The van der Waals surface area contributed by atoms with E-state index in [4.69, 9.17) is 9.47 Å². The van der Waals surface area contributed by atoms with Crippen LogP contribution in [0.3, 0.4) is 0 Å². The van der Waals surface area contributed by atoms with Crippen molar-refractivity contribution in [3.63, 3.8) is 0 Å². The minimum atomic E-state index is -0.725. The first-order valence-corrected chi connectivity index (χ1v) is 13.7. The highest BCUT2D eigenvalue weighted by Gasteiger charge is 2.35. The van der Waals surface area contributed by atoms with Crippen LogP contribution in [0.2, 0.25) is 0 Å². The minimum absolute atomic E-state index is 0.252. The molecule has 1 aromatic heterocycles. The molecule has 0 unspecified atom stereocenters. The van der Waals surface area contributed by atoms with Gasteiger partial charge in [0.2, 0.25) is 0 Å². The summed E-state index contributed by atoms with van der Waals surface area (Å²) < 4.78 is 25.4. The van der Waals surface area contributed by atoms with E-state index in [1.165, 1.54) is 24.3 Å². The molecule has 1 saturated heterocycles. The van der Waals surface area contributed by atoms with Crippen LogP contribution in [0.25, 0.3) is 0 Å². The molecule has 0 atom stereocenters. The van der Waals surface area contributed by atoms with Crippen LogP contribution in [-0.2, 0) is 0 Å². The second-order valence-corrected chi connectivity index (χ2v) is 10.4. The number of hydrogen-bond acceptors (Lipinski definition) is 5. The van der Waals surface area contributed by atoms with Crippen molar-refractivity contribution in [1.29, 1.82) is 0 Å². The standard InChI is InChI=1S/C31H38FN3O4/c1-5-23(6-2)20-31(37)13-15-35(16-14-31)30(36)34-25-17-27(38-26-10-8-24(32)9-11-26)19-28(18-25)39-29-12-7-21(3)33-22(29)4/h7-12,17-19,23,37H,5-6,13-16,20H2,1-4H3,(H,34,36). The summed E-state index contributed by atoms with van der Waals surface area (Å²) in [5.74, 6) is 2.05. The van der Waals surface area contributed by atoms with E-state index >= 15 is 0 Å². The third kappa shape index (κ3) is 7.69. The molecule has 0 bridgehead atoms. The number of likely N-dealkylation sites (tertiary alicyclic amines) is 1. The fraction of sp³-hybridized carbons (Fsp3) is 0.419. The summed E-state index contributed by atoms with van der Waals surface area (Å²) in [6, 6.07) is 14.3. The van der Waals surface area contributed by atoms with E-state index < -0.39 is 5.60 Å². The number of aliphatic hydroxyl groups is 1. The molecule has 39 heavy (non-hydrogen) atoms. The Morgan fingerprint density at radius 3 is 2.26 bits per heavy atom. The second kappa shape index (κ2) is 12.5. The Morgan fingerprint density at radius 2 is 1.64 bits per heavy atom. The average Bonchev–Trinajstić information content (AvgIpc) is 2.90. The first-order chi connectivity index (χ1) is 18.7. The summed E-state index contributed by atoms with van der Waals surface area (Å²) >= 11 is 0. The Morgan fingerprint density at radius 1 is 1.00 bits per heavy atom. The van der Waals surface area contributed by atoms with E-state index in [1.807, 2.05) is 26.0 Å². The molecule has 8 heteroatoms. The molecule has 3 aromatic rings. The van der Waals surface area contributed by atoms with Crippen molar-refractivity contribution in [2.45, 2.75) is 65.4 Å². The highest BCUT2D eigenvalue weighted by Crippen LogP contribution is 2.35. The van der Waals surface area contributed by atoms with E-state index in [2.05, 4.69) is 24.1 Å². The number of piperidine rings is 1. The van der Waals surface area contributed by atoms with Crippen molar-refractivity contribution >= 4 is 11.7 Å². The lowest BCUT2D eigenvalue weighted by Crippen LogP contribution is -2.48. The number of nitrogens with zero attached hydrogens (tertiary/aromatic N) is 2. The normalized spacial score (nSPS) is 14.8. The fourth-order valence-corrected chi connectivity index (χ4v) is 4.96. The van der Waals surface area contributed by atoms with Gasteiger partial charge in [0.25, 0.3) is 0 Å². The molecule has 2 N–H and O–H groups in total. The highest BCUT2D eigenvalue weighted by molar-refractivity contribution is 5.90. The number of amides is 2. The molecule has 2 aromatic carbocycles. The number of ether oxygens (including phenoxy) is 2. The molecular weight excluding hydrogens is 497 g/mol. The zero-order chi connectivity index (χ0) is 28.0. The van der Waals surface area contributed by atoms with Crippen LogP contribution in [0.4, 0.5) is 14.9 Å². The van der Waals surface area contributed by atoms with Gasteiger partial charge in [-0.1, -0.05) is 26.7 Å². The number of pyridine rings is 1. The number of hydrogen-bond donors (Lipinski definition) is 2. The number of halogens is 1. The molecule has 0 saturated carbocycles. The summed E-state index contributed by atoms with van der Waals surface area (Å²) in [4.78, 5) is 19.4. The Hall–Kier alpha value is -3.65. The van der Waals surface area contributed by atoms with Crippen LogP contribution in [0.15, 0.2) is 54.6 Å². The maximum atomic E-state index is 13.4. The number of benzene rings is 2. The van der Waals surface area contributed by atoms with Gasteiger partial charge in [-0.2, -0.15) is 0 Å². The van der Waals surface area contributed by atoms with Crippen LogP contribution in [0.1, 0.15) is 57.3 Å². The summed E-state index contributed by atoms with van der Waals surface area (Å²) in [7, 11) is 0. The van der Waals surface area contributed by atoms with Crippen LogP contribution < -0.4 is 14.8 Å². The zero-order valence-corrected chi connectivity index (χ0v) is 23.2. The molecular formula is C31H38FN3O4. The molecule has 1 fully saturated rings. The lowest BCUT2D eigenvalue weighted by molar-refractivity contribution is -0.0309. The van der Waals surface area contributed by atoms with E-state index in [9.17, 15) is 14.3 Å². The molecule has 0 aliphatic carbocycles. The first kappa shape index (κ1) is 28.4. The lowest BCUT2D eigenvalue weighted by atomic mass is 9.81. The van der Waals surface area contributed by atoms with Crippen molar-refractivity contribution in [2.75, 3.05) is 18.4 Å². The minimum Gasteiger partial charge on any atom is -0.457 e. The van der Waals surface area contributed by atoms with Gasteiger partial charge >= 0.3 is 6.03 Å². The number of carbonyl (C=O) groups excluding carboxylic acids is 1. The number of rotatable bonds is 9. The third-order valence-corrected chi connectivity index (χ3v) is 7.39. The molecule has 2 amide bonds. The van der Waals surface area contributed by atoms with Gasteiger partial charge in [-0.3, -0.25) is 4.98 Å². The molecule has 208 valence electrons. The summed E-state index contributed by atoms with van der Waals surface area (Å²) in [6.45, 7) is 9.04. The topological polar surface area (TPSA) is 83.9 Å². The van der Waals surface area contributed by atoms with E-state index in [-0.39, 0.29) is 11.8 Å². The van der Waals surface area contributed by atoms with Gasteiger partial charge in [0.05, 0.1) is 11.3 Å². The van der Waals surface area contributed by atoms with E-state index in [1.54, 1.807) is 23.1 Å². The Bertz CT molecular complexity index is 1270. The number of urea groups is 1. The molecule has 0 radical (unpaired) electrons. The Labute approximate surface area is 230 Å². The van der Waals surface area contributed by atoms with Crippen molar-refractivity contribution in [1.82, 2.24) is 9.88 Å². The van der Waals surface area contributed by atoms with Crippen molar-refractivity contribution in [2.24, 2.45) is 5.92 Å². The quantitative estimate of drug-likeness (QED) is 0.295. The second-order valence-electron chi connectivity index (χ2n) is 10.4. The Balaban J connectivity index is 1.50. The van der Waals surface area contributed by atoms with E-state index in [0.29, 0.717) is 60.5 Å². The SMILES string of the molecule is CCC(CC)CC1(O)CCN(C(=O)Nc2cc(Oc3ccc(F)cc3)cc(Oc3ccc(C)nc3C)c2)CC1. The Kier molecular flexibility index (Phi) is 9.07. The number of carbonyl (C=O) groups is 1. The number of nitrogens with one attached hydrogen (secondary N) is 1. The van der Waals surface area contributed by atoms with Crippen LogP contribution in [-0.4, -0.2) is 39.7 Å². The largest absolute Gasteiger partial charge is 0.457 e. The monoisotopic (exact) mass is 535 g/mol. The molecule has 0 spiro atoms. The molecule has 1 aliphatic rings. The molecule has 7 nitrogen and oxygen atoms in total. The number of aryl methyl sites for hydroxylation is 2. The van der Waals surface area contributed by atoms with E-state index in [0.717, 1.165) is 30.7 Å². The maximum absolute atomic E-state index is 13.4. The van der Waals surface area contributed by atoms with Crippen LogP contribution in [0, 0.1) is 25.6 Å². The molecule has 2 heterocycles. The number of aromatic nitrogens is 1. The molecule has 4 rings (SSSR count). The predicted octanol–water partition coefficient (Wildman–Crippen LogP) is 7.61.